The first kappa shape index (κ1) is 9.59. The van der Waals surface area contributed by atoms with Crippen molar-refractivity contribution in [1.82, 2.24) is 0 Å². The molecule has 0 spiro atoms. The summed E-state index contributed by atoms with van der Waals surface area (Å²) in [6, 6.07) is 13.2. The van der Waals surface area contributed by atoms with Gasteiger partial charge in [0.15, 0.2) is 0 Å². The first-order valence-corrected chi connectivity index (χ1v) is 4.67. The molecular formula is C13H11O2. The van der Waals surface area contributed by atoms with Crippen molar-refractivity contribution in [3.63, 3.8) is 0 Å². The normalized spacial score (nSPS) is 10.2. The molecule has 0 saturated heterocycles. The predicted octanol–water partition coefficient (Wildman–Crippen LogP) is 2.87. The molecule has 0 fully saturated rings. The van der Waals surface area contributed by atoms with Crippen molar-refractivity contribution in [2.75, 3.05) is 0 Å². The molecule has 0 bridgehead atoms. The van der Waals surface area contributed by atoms with Crippen LogP contribution in [0.15, 0.2) is 36.4 Å². The maximum atomic E-state index is 9.39. The Morgan fingerprint density at radius 2 is 1.87 bits per heavy atom. The van der Waals surface area contributed by atoms with Crippen LogP contribution in [0.1, 0.15) is 5.56 Å². The minimum absolute atomic E-state index is 0.217. The van der Waals surface area contributed by atoms with Gasteiger partial charge >= 0.3 is 0 Å². The van der Waals surface area contributed by atoms with Crippen molar-refractivity contribution in [3.8, 4) is 22.6 Å². The lowest BCUT2D eigenvalue weighted by molar-refractivity contribution is 0.471. The number of rotatable bonds is 1. The van der Waals surface area contributed by atoms with Crippen LogP contribution < -0.4 is 0 Å². The van der Waals surface area contributed by atoms with Crippen molar-refractivity contribution < 1.29 is 10.2 Å². The molecule has 2 aromatic carbocycles. The van der Waals surface area contributed by atoms with Gasteiger partial charge in [-0.1, -0.05) is 12.1 Å². The number of benzene rings is 2. The number of hydrogen-bond donors (Lipinski definition) is 2. The van der Waals surface area contributed by atoms with Gasteiger partial charge in [-0.3, -0.25) is 0 Å². The molecule has 2 nitrogen and oxygen atoms in total. The Labute approximate surface area is 88.4 Å². The maximum absolute atomic E-state index is 9.39. The van der Waals surface area contributed by atoms with Crippen molar-refractivity contribution in [3.05, 3.63) is 48.0 Å². The van der Waals surface area contributed by atoms with E-state index >= 15 is 0 Å². The molecule has 2 heteroatoms. The van der Waals surface area contributed by atoms with Crippen LogP contribution in [0.5, 0.6) is 11.5 Å². The van der Waals surface area contributed by atoms with E-state index in [9.17, 15) is 10.2 Å². The first-order chi connectivity index (χ1) is 7.16. The van der Waals surface area contributed by atoms with Gasteiger partial charge in [0.1, 0.15) is 11.5 Å². The highest BCUT2D eigenvalue weighted by atomic mass is 16.3. The second-order valence-corrected chi connectivity index (χ2v) is 3.46. The van der Waals surface area contributed by atoms with Gasteiger partial charge in [-0.05, 0) is 53.9 Å². The number of aromatic hydroxyl groups is 2. The van der Waals surface area contributed by atoms with Crippen LogP contribution in [0.3, 0.4) is 0 Å². The Morgan fingerprint density at radius 1 is 1.07 bits per heavy atom. The van der Waals surface area contributed by atoms with E-state index in [4.69, 9.17) is 0 Å². The molecule has 2 N–H and O–H groups in total. The van der Waals surface area contributed by atoms with Gasteiger partial charge in [0, 0.05) is 0 Å². The molecule has 0 amide bonds. The smallest absolute Gasteiger partial charge is 0.118 e. The molecule has 0 aliphatic heterocycles. The minimum atomic E-state index is 0.217. The molecule has 0 aliphatic carbocycles. The minimum Gasteiger partial charge on any atom is -0.508 e. The average molecular weight is 199 g/mol. The monoisotopic (exact) mass is 199 g/mol. The Bertz CT molecular complexity index is 490. The highest BCUT2D eigenvalue weighted by Gasteiger charge is 2.01. The predicted molar refractivity (Wildman–Crippen MR) is 58.8 cm³/mol. The fourth-order valence-corrected chi connectivity index (χ4v) is 1.44. The van der Waals surface area contributed by atoms with Crippen LogP contribution in [-0.2, 0) is 0 Å². The van der Waals surface area contributed by atoms with Gasteiger partial charge in [-0.15, -0.1) is 0 Å². The Hall–Kier alpha value is -1.96. The maximum Gasteiger partial charge on any atom is 0.118 e. The van der Waals surface area contributed by atoms with Gasteiger partial charge in [0.2, 0.25) is 0 Å². The highest BCUT2D eigenvalue weighted by Crippen LogP contribution is 2.26. The van der Waals surface area contributed by atoms with Gasteiger partial charge in [0.25, 0.3) is 0 Å². The van der Waals surface area contributed by atoms with Gasteiger partial charge < -0.3 is 10.2 Å². The van der Waals surface area contributed by atoms with E-state index in [-0.39, 0.29) is 11.5 Å². The summed E-state index contributed by atoms with van der Waals surface area (Å²) in [6.07, 6.45) is 0. The fraction of sp³-hybridized carbons (Fsp3) is 0.0769. The molecule has 0 heterocycles. The Kier molecular flexibility index (Phi) is 2.34. The van der Waals surface area contributed by atoms with E-state index in [1.54, 1.807) is 30.3 Å². The topological polar surface area (TPSA) is 40.5 Å². The molecule has 2 aromatic rings. The summed E-state index contributed by atoms with van der Waals surface area (Å²) < 4.78 is 0. The summed E-state index contributed by atoms with van der Waals surface area (Å²) in [5.41, 5.74) is 2.56. The summed E-state index contributed by atoms with van der Waals surface area (Å²) >= 11 is 0. The molecule has 0 aromatic heterocycles. The SMILES string of the molecule is Cc1cc(-c2[c]ccc(O)c2)ccc1O. The molecule has 0 atom stereocenters. The van der Waals surface area contributed by atoms with Crippen molar-refractivity contribution in [2.45, 2.75) is 6.92 Å². The molecular weight excluding hydrogens is 188 g/mol. The summed E-state index contributed by atoms with van der Waals surface area (Å²) in [7, 11) is 0. The van der Waals surface area contributed by atoms with Gasteiger partial charge in [-0.2, -0.15) is 0 Å². The second-order valence-electron chi connectivity index (χ2n) is 3.46. The van der Waals surface area contributed by atoms with Crippen LogP contribution in [0, 0.1) is 13.0 Å². The lowest BCUT2D eigenvalue weighted by Gasteiger charge is -2.04. The number of aryl methyl sites for hydroxylation is 1. The number of hydrogen-bond acceptors (Lipinski definition) is 2. The highest BCUT2D eigenvalue weighted by molar-refractivity contribution is 5.66. The first-order valence-electron chi connectivity index (χ1n) is 4.67. The lowest BCUT2D eigenvalue weighted by Crippen LogP contribution is -1.80. The molecule has 15 heavy (non-hydrogen) atoms. The third-order valence-corrected chi connectivity index (χ3v) is 2.29. The largest absolute Gasteiger partial charge is 0.508 e. The molecule has 0 saturated carbocycles. The molecule has 2 rings (SSSR count). The van der Waals surface area contributed by atoms with Crippen molar-refractivity contribution in [1.29, 1.82) is 0 Å². The quantitative estimate of drug-likeness (QED) is 0.741. The summed E-state index contributed by atoms with van der Waals surface area (Å²) in [4.78, 5) is 0. The van der Waals surface area contributed by atoms with Crippen LogP contribution in [0.2, 0.25) is 0 Å². The van der Waals surface area contributed by atoms with Gasteiger partial charge in [0.05, 0.1) is 0 Å². The lowest BCUT2D eigenvalue weighted by atomic mass is 10.0. The standard InChI is InChI=1S/C13H11O2/c1-9-7-11(5-6-13(9)15)10-3-2-4-12(14)8-10/h2,4-8,14-15H,1H3. The summed E-state index contributed by atoms with van der Waals surface area (Å²) in [5.74, 6) is 0.494. The number of phenols is 2. The molecule has 0 aliphatic rings. The van der Waals surface area contributed by atoms with Gasteiger partial charge in [-0.25, -0.2) is 0 Å². The summed E-state index contributed by atoms with van der Waals surface area (Å²) in [5, 5.41) is 18.7. The zero-order valence-corrected chi connectivity index (χ0v) is 8.36. The van der Waals surface area contributed by atoms with Crippen molar-refractivity contribution >= 4 is 0 Å². The van der Waals surface area contributed by atoms with Crippen LogP contribution in [0.25, 0.3) is 11.1 Å². The molecule has 75 valence electrons. The zero-order chi connectivity index (χ0) is 10.8. The zero-order valence-electron chi connectivity index (χ0n) is 8.36. The van der Waals surface area contributed by atoms with E-state index in [0.717, 1.165) is 16.7 Å². The van der Waals surface area contributed by atoms with Crippen LogP contribution in [0.4, 0.5) is 0 Å². The second kappa shape index (κ2) is 3.65. The average Bonchev–Trinajstić information content (AvgIpc) is 2.22. The molecule has 0 unspecified atom stereocenters. The fourth-order valence-electron chi connectivity index (χ4n) is 1.44. The van der Waals surface area contributed by atoms with E-state index in [0.29, 0.717) is 0 Å². The molecule has 1 radical (unpaired) electrons. The van der Waals surface area contributed by atoms with E-state index in [1.165, 1.54) is 0 Å². The van der Waals surface area contributed by atoms with E-state index < -0.39 is 0 Å². The Balaban J connectivity index is 2.50. The van der Waals surface area contributed by atoms with E-state index in [2.05, 4.69) is 6.07 Å². The van der Waals surface area contributed by atoms with Crippen LogP contribution in [-0.4, -0.2) is 10.2 Å². The number of phenolic OH excluding ortho intramolecular Hbond substituents is 2. The summed E-state index contributed by atoms with van der Waals surface area (Å²) in [6.45, 7) is 1.83. The third-order valence-electron chi connectivity index (χ3n) is 2.29. The third kappa shape index (κ3) is 1.94. The van der Waals surface area contributed by atoms with Crippen molar-refractivity contribution in [2.24, 2.45) is 0 Å². The van der Waals surface area contributed by atoms with Crippen LogP contribution >= 0.6 is 0 Å². The Morgan fingerprint density at radius 3 is 2.53 bits per heavy atom. The van der Waals surface area contributed by atoms with E-state index in [1.807, 2.05) is 13.0 Å².